The Morgan fingerprint density at radius 3 is 2.50 bits per heavy atom. The molecule has 2 aromatic carbocycles. The number of para-hydroxylation sites is 1. The van der Waals surface area contributed by atoms with Gasteiger partial charge in [-0.25, -0.2) is 9.29 Å². The van der Waals surface area contributed by atoms with Gasteiger partial charge in [0.15, 0.2) is 5.69 Å². The number of aryl methyl sites for hydroxylation is 1. The molecule has 1 amide bonds. The smallest absolute Gasteiger partial charge is 0.306 e. The predicted octanol–water partition coefficient (Wildman–Crippen LogP) is 4.79. The number of benzene rings is 2. The number of Topliss-reactive ketones (excluding diaryl/α,β-unsaturated/α-hetero) is 1. The Kier molecular flexibility index (Phi) is 8.93. The molecule has 1 aliphatic heterocycles. The minimum Gasteiger partial charge on any atom is -0.481 e. The minimum atomic E-state index is -1.73. The lowest BCUT2D eigenvalue weighted by Gasteiger charge is -2.42. The molecule has 2 heterocycles. The van der Waals surface area contributed by atoms with Crippen LogP contribution in [-0.2, 0) is 32.5 Å². The van der Waals surface area contributed by atoms with Gasteiger partial charge >= 0.3 is 5.97 Å². The fourth-order valence-corrected chi connectivity index (χ4v) is 6.17. The fraction of sp³-hybridized carbons (Fsp3) is 0.467. The number of likely N-dealkylation sites (tertiary alicyclic amines) is 1. The number of hydrogen-bond donors (Lipinski definition) is 2. The molecule has 1 saturated heterocycles. The lowest BCUT2D eigenvalue weighted by atomic mass is 9.87. The summed E-state index contributed by atoms with van der Waals surface area (Å²) in [7, 11) is 3.12. The highest BCUT2D eigenvalue weighted by Gasteiger charge is 2.49. The van der Waals surface area contributed by atoms with Gasteiger partial charge in [-0.15, -0.1) is 0 Å². The van der Waals surface area contributed by atoms with Crippen molar-refractivity contribution in [1.82, 2.24) is 14.7 Å². The number of carboxylic acids is 1. The molecule has 5 rings (SSSR count). The number of methoxy groups -OCH3 is 1. The van der Waals surface area contributed by atoms with E-state index in [0.717, 1.165) is 24.4 Å². The van der Waals surface area contributed by atoms with E-state index in [9.17, 15) is 19.5 Å². The first-order valence-corrected chi connectivity index (χ1v) is 14.5. The largest absolute Gasteiger partial charge is 0.481 e. The van der Waals surface area contributed by atoms with Crippen molar-refractivity contribution >= 4 is 45.9 Å². The summed E-state index contributed by atoms with van der Waals surface area (Å²) in [4.78, 5) is 40.1. The van der Waals surface area contributed by atoms with Gasteiger partial charge in [0.25, 0.3) is 11.8 Å². The van der Waals surface area contributed by atoms with E-state index < -0.39 is 35.3 Å². The maximum Gasteiger partial charge on any atom is 0.306 e. The van der Waals surface area contributed by atoms with Crippen LogP contribution in [0.4, 0.5) is 10.1 Å². The van der Waals surface area contributed by atoms with E-state index in [2.05, 4.69) is 10.4 Å². The molecule has 1 aliphatic carbocycles. The highest BCUT2D eigenvalue weighted by molar-refractivity contribution is 6.34. The number of hydrogen-bond acceptors (Lipinski definition) is 7. The number of carbonyl (C=O) groups excluding carboxylic acids is 2. The predicted molar refractivity (Wildman–Crippen MR) is 154 cm³/mol. The van der Waals surface area contributed by atoms with Crippen molar-refractivity contribution in [2.24, 2.45) is 13.0 Å². The van der Waals surface area contributed by atoms with Crippen LogP contribution in [0.25, 0.3) is 10.9 Å². The zero-order valence-corrected chi connectivity index (χ0v) is 24.3. The van der Waals surface area contributed by atoms with Gasteiger partial charge in [0, 0.05) is 39.1 Å². The topological polar surface area (TPSA) is 123 Å². The van der Waals surface area contributed by atoms with Crippen molar-refractivity contribution in [2.45, 2.75) is 57.0 Å². The normalized spacial score (nSPS) is 20.9. The molecule has 10 nitrogen and oxygen atoms in total. The van der Waals surface area contributed by atoms with Crippen molar-refractivity contribution in [3.05, 3.63) is 58.5 Å². The number of halogens is 2. The van der Waals surface area contributed by atoms with Gasteiger partial charge in [0.2, 0.25) is 5.78 Å². The first-order valence-electron chi connectivity index (χ1n) is 14.1. The third-order valence-corrected chi connectivity index (χ3v) is 8.52. The number of aromatic nitrogens is 2. The lowest BCUT2D eigenvalue weighted by molar-refractivity contribution is -0.301. The van der Waals surface area contributed by atoms with Crippen molar-refractivity contribution in [1.29, 1.82) is 0 Å². The lowest BCUT2D eigenvalue weighted by Crippen LogP contribution is -2.59. The molecule has 0 radical (unpaired) electrons. The molecule has 2 fully saturated rings. The van der Waals surface area contributed by atoms with Crippen LogP contribution in [-0.4, -0.2) is 69.7 Å². The quantitative estimate of drug-likeness (QED) is 0.319. The van der Waals surface area contributed by atoms with Gasteiger partial charge in [-0.05, 0) is 62.3 Å². The third kappa shape index (κ3) is 5.92. The number of nitrogens with one attached hydrogen (secondary N) is 1. The molecule has 2 aliphatic rings. The van der Waals surface area contributed by atoms with E-state index in [4.69, 9.17) is 21.1 Å². The fourth-order valence-electron chi connectivity index (χ4n) is 5.94. The van der Waals surface area contributed by atoms with Gasteiger partial charge in [-0.2, -0.15) is 5.10 Å². The molecule has 1 unspecified atom stereocenters. The summed E-state index contributed by atoms with van der Waals surface area (Å²) in [5, 5.41) is 17.0. The standard InChI is InChI=1S/C30H34ClFN4O6/c1-35-25-8-4-3-7-21(25)27(34-35)28(38)33-24-17-23(32)19(15-22(24)31)16-26(37)30(41-2,36-13-5-6-14-36)42-20-11-9-18(10-12-20)29(39)40/h3-4,7-8,15,17-18,20H,5-6,9-14,16H2,1-2H3,(H,33,38)(H,39,40). The van der Waals surface area contributed by atoms with Crippen LogP contribution in [0.5, 0.6) is 0 Å². The number of fused-ring (bicyclic) bond motifs is 1. The Morgan fingerprint density at radius 2 is 1.83 bits per heavy atom. The number of nitrogens with zero attached hydrogens (tertiary/aromatic N) is 3. The average molecular weight is 601 g/mol. The summed E-state index contributed by atoms with van der Waals surface area (Å²) in [6.45, 7) is 1.14. The molecule has 1 atom stereocenters. The number of carboxylic acid groups (broad SMARTS) is 1. The van der Waals surface area contributed by atoms with Crippen LogP contribution in [0.15, 0.2) is 36.4 Å². The maximum absolute atomic E-state index is 15.4. The van der Waals surface area contributed by atoms with Crippen LogP contribution >= 0.6 is 11.6 Å². The number of rotatable bonds is 10. The maximum atomic E-state index is 15.4. The Labute approximate surface area is 247 Å². The summed E-state index contributed by atoms with van der Waals surface area (Å²) in [5.41, 5.74) is 1.03. The number of amides is 1. The Balaban J connectivity index is 1.34. The summed E-state index contributed by atoms with van der Waals surface area (Å²) in [6, 6.07) is 9.66. The molecule has 42 heavy (non-hydrogen) atoms. The van der Waals surface area contributed by atoms with E-state index in [1.807, 2.05) is 17.0 Å². The zero-order chi connectivity index (χ0) is 30.0. The average Bonchev–Trinajstić information content (AvgIpc) is 3.64. The molecule has 12 heteroatoms. The second-order valence-corrected chi connectivity index (χ2v) is 11.3. The summed E-state index contributed by atoms with van der Waals surface area (Å²) in [5.74, 6) is -4.75. The highest BCUT2D eigenvalue weighted by atomic mass is 35.5. The van der Waals surface area contributed by atoms with Gasteiger partial charge in [-0.1, -0.05) is 29.8 Å². The van der Waals surface area contributed by atoms with Crippen LogP contribution in [0, 0.1) is 11.7 Å². The Bertz CT molecular complexity index is 1500. The Morgan fingerprint density at radius 1 is 1.14 bits per heavy atom. The van der Waals surface area contributed by atoms with E-state index in [1.54, 1.807) is 23.9 Å². The van der Waals surface area contributed by atoms with E-state index in [0.29, 0.717) is 44.2 Å². The highest BCUT2D eigenvalue weighted by Crippen LogP contribution is 2.35. The first-order chi connectivity index (χ1) is 20.1. The van der Waals surface area contributed by atoms with Gasteiger partial charge < -0.3 is 19.9 Å². The first kappa shape index (κ1) is 30.1. The summed E-state index contributed by atoms with van der Waals surface area (Å²) in [6.07, 6.45) is 2.81. The molecule has 2 N–H and O–H groups in total. The number of ether oxygens (including phenoxy) is 2. The van der Waals surface area contributed by atoms with Gasteiger partial charge in [0.1, 0.15) is 5.82 Å². The summed E-state index contributed by atoms with van der Waals surface area (Å²) >= 11 is 6.47. The molecule has 1 saturated carbocycles. The van der Waals surface area contributed by atoms with Crippen molar-refractivity contribution < 1.29 is 33.4 Å². The van der Waals surface area contributed by atoms with Crippen molar-refractivity contribution in [3.63, 3.8) is 0 Å². The Hall–Kier alpha value is -3.38. The van der Waals surface area contributed by atoms with Crippen LogP contribution in [0.1, 0.15) is 54.6 Å². The van der Waals surface area contributed by atoms with Crippen molar-refractivity contribution in [3.8, 4) is 0 Å². The van der Waals surface area contributed by atoms with Crippen LogP contribution in [0.2, 0.25) is 5.02 Å². The number of anilines is 1. The van der Waals surface area contributed by atoms with E-state index in [-0.39, 0.29) is 34.5 Å². The monoisotopic (exact) mass is 600 g/mol. The molecule has 1 aromatic heterocycles. The molecule has 224 valence electrons. The van der Waals surface area contributed by atoms with Crippen molar-refractivity contribution in [2.75, 3.05) is 25.5 Å². The summed E-state index contributed by atoms with van der Waals surface area (Å²) < 4.78 is 29.1. The van der Waals surface area contributed by atoms with E-state index >= 15 is 4.39 Å². The molecular formula is C30H34ClFN4O6. The number of carbonyl (C=O) groups is 3. The molecule has 3 aromatic rings. The van der Waals surface area contributed by atoms with E-state index in [1.165, 1.54) is 13.2 Å². The van der Waals surface area contributed by atoms with Gasteiger partial charge in [-0.3, -0.25) is 19.1 Å². The van der Waals surface area contributed by atoms with Crippen LogP contribution in [0.3, 0.4) is 0 Å². The zero-order valence-electron chi connectivity index (χ0n) is 23.6. The third-order valence-electron chi connectivity index (χ3n) is 8.21. The van der Waals surface area contributed by atoms with Gasteiger partial charge in [0.05, 0.1) is 28.2 Å². The number of ketones is 1. The molecular weight excluding hydrogens is 567 g/mol. The molecule has 0 spiro atoms. The second kappa shape index (κ2) is 12.5. The minimum absolute atomic E-state index is 0.0325. The van der Waals surface area contributed by atoms with Crippen LogP contribution < -0.4 is 5.32 Å². The number of aliphatic carboxylic acids is 1. The SMILES string of the molecule is COC(OC1CCC(C(=O)O)CC1)(C(=O)Cc1cc(Cl)c(NC(=O)c2nn(C)c3ccccc23)cc1F)N1CCCC1. The molecule has 0 bridgehead atoms. The second-order valence-electron chi connectivity index (χ2n) is 10.9.